The number of ether oxygens (including phenoxy) is 2. The van der Waals surface area contributed by atoms with Gasteiger partial charge in [-0.05, 0) is 28.8 Å². The molecule has 0 aromatic heterocycles. The van der Waals surface area contributed by atoms with Gasteiger partial charge in [-0.3, -0.25) is 5.43 Å². The molecule has 158 valence electrons. The van der Waals surface area contributed by atoms with E-state index in [-0.39, 0.29) is 31.0 Å². The van der Waals surface area contributed by atoms with Gasteiger partial charge in [-0.15, -0.1) is 12.4 Å². The van der Waals surface area contributed by atoms with Crippen LogP contribution in [0.2, 0.25) is 0 Å². The molecular weight excluding hydrogens is 414 g/mol. The standard InChI is InChI=1S/C20H25N3O4S.ClH/c1-28(24,25)12-15-4-2-14(3-5-15)9-21-10-17-11-22-23-20(17)16-6-7-18-19(8-16)27-13-26-18;/h2-8,17,20-23H,9-13H2,1H3;1H. The number of rotatable bonds is 7. The minimum atomic E-state index is -3.00. The average molecular weight is 440 g/mol. The number of nitrogens with one attached hydrogen (secondary N) is 3. The molecule has 0 spiro atoms. The molecule has 9 heteroatoms. The second-order valence-corrected chi connectivity index (χ2v) is 9.53. The molecule has 2 aromatic rings. The Balaban J connectivity index is 0.00000240. The number of halogens is 1. The topological polar surface area (TPSA) is 88.7 Å². The van der Waals surface area contributed by atoms with Crippen LogP contribution in [0.25, 0.3) is 0 Å². The minimum Gasteiger partial charge on any atom is -0.454 e. The molecule has 0 bridgehead atoms. The van der Waals surface area contributed by atoms with Crippen LogP contribution in [0.5, 0.6) is 11.5 Å². The first-order chi connectivity index (χ1) is 13.5. The van der Waals surface area contributed by atoms with Crippen molar-refractivity contribution in [3.8, 4) is 11.5 Å². The predicted molar refractivity (Wildman–Crippen MR) is 114 cm³/mol. The Bertz CT molecular complexity index is 937. The van der Waals surface area contributed by atoms with Gasteiger partial charge in [-0.25, -0.2) is 13.8 Å². The van der Waals surface area contributed by atoms with Crippen molar-refractivity contribution in [2.45, 2.75) is 18.3 Å². The lowest BCUT2D eigenvalue weighted by molar-refractivity contribution is 0.174. The maximum Gasteiger partial charge on any atom is 0.231 e. The molecule has 2 atom stereocenters. The van der Waals surface area contributed by atoms with Crippen LogP contribution in [0.1, 0.15) is 22.7 Å². The Hall–Kier alpha value is -1.84. The van der Waals surface area contributed by atoms with E-state index in [2.05, 4.69) is 22.2 Å². The molecule has 29 heavy (non-hydrogen) atoms. The van der Waals surface area contributed by atoms with E-state index >= 15 is 0 Å². The number of sulfone groups is 1. The zero-order chi connectivity index (χ0) is 19.6. The van der Waals surface area contributed by atoms with E-state index in [1.54, 1.807) is 0 Å². The predicted octanol–water partition coefficient (Wildman–Crippen LogP) is 1.94. The van der Waals surface area contributed by atoms with Gasteiger partial charge in [0.15, 0.2) is 21.3 Å². The fraction of sp³-hybridized carbons (Fsp3) is 0.400. The van der Waals surface area contributed by atoms with Gasteiger partial charge in [0, 0.05) is 31.8 Å². The van der Waals surface area contributed by atoms with E-state index in [0.29, 0.717) is 5.92 Å². The fourth-order valence-corrected chi connectivity index (χ4v) is 4.44. The van der Waals surface area contributed by atoms with Crippen LogP contribution < -0.4 is 25.6 Å². The molecule has 3 N–H and O–H groups in total. The molecule has 0 amide bonds. The summed E-state index contributed by atoms with van der Waals surface area (Å²) in [6.07, 6.45) is 1.25. The van der Waals surface area contributed by atoms with Crippen LogP contribution in [0.4, 0.5) is 0 Å². The van der Waals surface area contributed by atoms with Crippen LogP contribution >= 0.6 is 12.4 Å². The van der Waals surface area contributed by atoms with Gasteiger partial charge in [0.05, 0.1) is 11.8 Å². The highest BCUT2D eigenvalue weighted by molar-refractivity contribution is 7.89. The van der Waals surface area contributed by atoms with Crippen molar-refractivity contribution >= 4 is 22.2 Å². The fourth-order valence-electron chi connectivity index (χ4n) is 3.65. The zero-order valence-electron chi connectivity index (χ0n) is 16.2. The van der Waals surface area contributed by atoms with Gasteiger partial charge in [0.25, 0.3) is 0 Å². The summed E-state index contributed by atoms with van der Waals surface area (Å²) in [5.74, 6) is 2.07. The van der Waals surface area contributed by atoms with Gasteiger partial charge in [-0.2, -0.15) is 0 Å². The van der Waals surface area contributed by atoms with Gasteiger partial charge in [0.2, 0.25) is 6.79 Å². The molecule has 1 fully saturated rings. The van der Waals surface area contributed by atoms with Crippen LogP contribution in [0.3, 0.4) is 0 Å². The molecule has 7 nitrogen and oxygen atoms in total. The van der Waals surface area contributed by atoms with Gasteiger partial charge in [0.1, 0.15) is 0 Å². The summed E-state index contributed by atoms with van der Waals surface area (Å²) >= 11 is 0. The SMILES string of the molecule is CS(=O)(=O)Cc1ccc(CNCC2CNNC2c2ccc3c(c2)OCO3)cc1.Cl. The Morgan fingerprint density at radius 2 is 1.79 bits per heavy atom. The Kier molecular flexibility index (Phi) is 7.02. The summed E-state index contributed by atoms with van der Waals surface area (Å²) in [6, 6.07) is 14.0. The molecule has 2 aromatic carbocycles. The van der Waals surface area contributed by atoms with E-state index in [9.17, 15) is 8.42 Å². The smallest absolute Gasteiger partial charge is 0.231 e. The zero-order valence-corrected chi connectivity index (χ0v) is 17.8. The largest absolute Gasteiger partial charge is 0.454 e. The summed E-state index contributed by atoms with van der Waals surface area (Å²) in [7, 11) is -3.00. The highest BCUT2D eigenvalue weighted by atomic mass is 35.5. The molecular formula is C20H26ClN3O4S. The Morgan fingerprint density at radius 3 is 2.55 bits per heavy atom. The normalized spacial score (nSPS) is 20.4. The molecule has 2 aliphatic heterocycles. The first-order valence-corrected chi connectivity index (χ1v) is 11.4. The third-order valence-electron chi connectivity index (χ3n) is 5.04. The Morgan fingerprint density at radius 1 is 1.07 bits per heavy atom. The third-order valence-corrected chi connectivity index (χ3v) is 5.89. The molecule has 0 aliphatic carbocycles. The number of hydrazine groups is 1. The van der Waals surface area contributed by atoms with E-state index in [4.69, 9.17) is 9.47 Å². The monoisotopic (exact) mass is 439 g/mol. The van der Waals surface area contributed by atoms with Crippen molar-refractivity contribution < 1.29 is 17.9 Å². The second-order valence-electron chi connectivity index (χ2n) is 7.39. The minimum absolute atomic E-state index is 0. The van der Waals surface area contributed by atoms with Crippen LogP contribution in [0.15, 0.2) is 42.5 Å². The lowest BCUT2D eigenvalue weighted by Crippen LogP contribution is -2.28. The molecule has 1 saturated heterocycles. The molecule has 2 aliphatic rings. The van der Waals surface area contributed by atoms with Crippen molar-refractivity contribution in [1.29, 1.82) is 0 Å². The van der Waals surface area contributed by atoms with E-state index in [1.165, 1.54) is 11.8 Å². The van der Waals surface area contributed by atoms with Gasteiger partial charge in [-0.1, -0.05) is 30.3 Å². The Labute approximate surface area is 177 Å². The highest BCUT2D eigenvalue weighted by Gasteiger charge is 2.29. The first-order valence-electron chi connectivity index (χ1n) is 9.32. The molecule has 2 unspecified atom stereocenters. The maximum atomic E-state index is 11.4. The summed E-state index contributed by atoms with van der Waals surface area (Å²) in [5.41, 5.74) is 9.72. The van der Waals surface area contributed by atoms with Crippen LogP contribution in [-0.4, -0.2) is 34.6 Å². The first kappa shape index (κ1) is 21.9. The third kappa shape index (κ3) is 5.61. The maximum absolute atomic E-state index is 11.4. The van der Waals surface area contributed by atoms with Gasteiger partial charge < -0.3 is 14.8 Å². The summed E-state index contributed by atoms with van der Waals surface area (Å²) in [4.78, 5) is 0. The lowest BCUT2D eigenvalue weighted by Gasteiger charge is -2.19. The quantitative estimate of drug-likeness (QED) is 0.607. The summed E-state index contributed by atoms with van der Waals surface area (Å²) in [5, 5.41) is 3.51. The number of benzene rings is 2. The lowest BCUT2D eigenvalue weighted by atomic mass is 9.94. The van der Waals surface area contributed by atoms with E-state index < -0.39 is 9.84 Å². The van der Waals surface area contributed by atoms with Crippen LogP contribution in [0, 0.1) is 5.92 Å². The summed E-state index contributed by atoms with van der Waals surface area (Å²) < 4.78 is 33.6. The van der Waals surface area contributed by atoms with Crippen LogP contribution in [-0.2, 0) is 22.1 Å². The van der Waals surface area contributed by atoms with Crippen molar-refractivity contribution in [3.63, 3.8) is 0 Å². The van der Waals surface area contributed by atoms with Gasteiger partial charge >= 0.3 is 0 Å². The van der Waals surface area contributed by atoms with Crippen molar-refractivity contribution in [2.75, 3.05) is 26.1 Å². The number of hydrogen-bond acceptors (Lipinski definition) is 7. The summed E-state index contributed by atoms with van der Waals surface area (Å²) in [6.45, 7) is 2.75. The molecule has 2 heterocycles. The van der Waals surface area contributed by atoms with Crippen molar-refractivity contribution in [3.05, 3.63) is 59.2 Å². The van der Waals surface area contributed by atoms with Crippen molar-refractivity contribution in [1.82, 2.24) is 16.2 Å². The molecule has 4 rings (SSSR count). The van der Waals surface area contributed by atoms with E-state index in [1.807, 2.05) is 36.4 Å². The molecule has 0 saturated carbocycles. The van der Waals surface area contributed by atoms with Crippen molar-refractivity contribution in [2.24, 2.45) is 5.92 Å². The van der Waals surface area contributed by atoms with E-state index in [0.717, 1.165) is 42.3 Å². The highest BCUT2D eigenvalue weighted by Crippen LogP contribution is 2.36. The average Bonchev–Trinajstić information content (AvgIpc) is 3.30. The second kappa shape index (κ2) is 9.32. The molecule has 0 radical (unpaired) electrons. The number of fused-ring (bicyclic) bond motifs is 1. The number of hydrogen-bond donors (Lipinski definition) is 3.